The number of Topliss-reactive ketones (excluding diaryl/α,β-unsaturated/α-hetero) is 1. The van der Waals surface area contributed by atoms with E-state index in [1.807, 2.05) is 6.92 Å². The third kappa shape index (κ3) is 4.14. The Morgan fingerprint density at radius 3 is 2.67 bits per heavy atom. The van der Waals surface area contributed by atoms with Crippen LogP contribution in [-0.2, 0) is 14.8 Å². The highest BCUT2D eigenvalue weighted by molar-refractivity contribution is 7.89. The van der Waals surface area contributed by atoms with Crippen LogP contribution in [-0.4, -0.2) is 31.6 Å². The Morgan fingerprint density at radius 2 is 2.08 bits per heavy atom. The van der Waals surface area contributed by atoms with E-state index in [0.29, 0.717) is 0 Å². The number of sulfonamides is 1. The van der Waals surface area contributed by atoms with Crippen molar-refractivity contribution >= 4 is 15.8 Å². The first-order chi connectivity index (χ1) is 13.6. The lowest BCUT2D eigenvalue weighted by Gasteiger charge is -2.36. The second kappa shape index (κ2) is 6.81. The van der Waals surface area contributed by atoms with Gasteiger partial charge in [0.1, 0.15) is 5.78 Å². The first kappa shape index (κ1) is 12.0. The van der Waals surface area contributed by atoms with Crippen molar-refractivity contribution in [2.45, 2.75) is 45.3 Å². The molecule has 0 amide bonds. The van der Waals surface area contributed by atoms with Gasteiger partial charge in [0.15, 0.2) is 0 Å². The molecule has 1 saturated heterocycles. The summed E-state index contributed by atoms with van der Waals surface area (Å²) in [6.45, 7) is 0.866. The Bertz CT molecular complexity index is 934. The van der Waals surface area contributed by atoms with Gasteiger partial charge in [0.25, 0.3) is 0 Å². The monoisotopic (exact) mass is 355 g/mol. The van der Waals surface area contributed by atoms with Crippen molar-refractivity contribution in [3.8, 4) is 0 Å². The minimum Gasteiger partial charge on any atom is -0.299 e. The van der Waals surface area contributed by atoms with Gasteiger partial charge in [-0.15, -0.1) is 0 Å². The van der Waals surface area contributed by atoms with Crippen LogP contribution in [0.3, 0.4) is 0 Å². The number of carbonyl (C=O) groups is 1. The third-order valence-electron chi connectivity index (χ3n) is 4.12. The molecule has 132 valence electrons. The van der Waals surface area contributed by atoms with Crippen LogP contribution in [0.15, 0.2) is 41.3 Å². The zero-order valence-electron chi connectivity index (χ0n) is 20.2. The average Bonchev–Trinajstić information content (AvgIpc) is 2.56. The second-order valence-corrected chi connectivity index (χ2v) is 8.98. The number of allylic oxidation sites excluding steroid dienone is 1. The Kier molecular flexibility index (Phi) is 3.40. The van der Waals surface area contributed by atoms with Crippen molar-refractivity contribution in [3.05, 3.63) is 41.9 Å². The molecule has 1 aliphatic heterocycles. The summed E-state index contributed by atoms with van der Waals surface area (Å²) in [6.07, 6.45) is -1.62. The molecule has 0 spiro atoms. The summed E-state index contributed by atoms with van der Waals surface area (Å²) in [5.41, 5.74) is -0.646. The third-order valence-corrected chi connectivity index (χ3v) is 5.94. The molecule has 2 atom stereocenters. The van der Waals surface area contributed by atoms with Crippen molar-refractivity contribution in [1.82, 2.24) is 4.31 Å². The van der Waals surface area contributed by atoms with Gasteiger partial charge in [-0.2, -0.15) is 4.31 Å². The van der Waals surface area contributed by atoms with E-state index in [1.54, 1.807) is 26.0 Å². The number of aryl methyl sites for hydroxylation is 1. The molecule has 1 fully saturated rings. The maximum atomic E-state index is 13.2. The van der Waals surface area contributed by atoms with E-state index in [1.165, 1.54) is 12.1 Å². The first-order valence-electron chi connectivity index (χ1n) is 10.8. The fourth-order valence-electron chi connectivity index (χ4n) is 2.86. The molecule has 1 aromatic carbocycles. The molecule has 5 heteroatoms. The summed E-state index contributed by atoms with van der Waals surface area (Å²) in [7, 11) is -3.99. The summed E-state index contributed by atoms with van der Waals surface area (Å²) in [4.78, 5) is 13.0. The van der Waals surface area contributed by atoms with Gasteiger partial charge < -0.3 is 0 Å². The minimum atomic E-state index is -3.99. The van der Waals surface area contributed by atoms with E-state index in [9.17, 15) is 13.2 Å². The topological polar surface area (TPSA) is 54.5 Å². The molecule has 2 rings (SSSR count). The SMILES string of the molecule is [2H]C([2H])=C(C1C(=O)CC(C)(C)CN(S(=O)(=O)c2ccc(C)cc2)C[C@@H]1[2H])C([2H])([2H])[2H]. The molecule has 4 nitrogen and oxygen atoms in total. The summed E-state index contributed by atoms with van der Waals surface area (Å²) < 4.78 is 74.2. The Labute approximate surface area is 154 Å². The summed E-state index contributed by atoms with van der Waals surface area (Å²) in [5, 5.41) is 0. The van der Waals surface area contributed by atoms with E-state index < -0.39 is 59.0 Å². The van der Waals surface area contributed by atoms with Crippen molar-refractivity contribution in [2.75, 3.05) is 13.1 Å². The number of hydrogen-bond donors (Lipinski definition) is 0. The van der Waals surface area contributed by atoms with Crippen LogP contribution < -0.4 is 0 Å². The van der Waals surface area contributed by atoms with Crippen LogP contribution in [0.25, 0.3) is 0 Å². The van der Waals surface area contributed by atoms with Crippen LogP contribution >= 0.6 is 0 Å². The van der Waals surface area contributed by atoms with Crippen molar-refractivity contribution in [1.29, 1.82) is 0 Å². The van der Waals surface area contributed by atoms with Gasteiger partial charge in [0, 0.05) is 30.9 Å². The molecule has 0 aromatic heterocycles. The summed E-state index contributed by atoms with van der Waals surface area (Å²) >= 11 is 0. The molecule has 1 aliphatic rings. The number of carbonyl (C=O) groups excluding carboxylic acids is 1. The maximum absolute atomic E-state index is 13.2. The van der Waals surface area contributed by atoms with Crippen LogP contribution in [0.4, 0.5) is 0 Å². The van der Waals surface area contributed by atoms with E-state index in [4.69, 9.17) is 8.22 Å². The number of rotatable bonds is 3. The Balaban J connectivity index is 2.55. The number of hydrogen-bond acceptors (Lipinski definition) is 3. The molecule has 24 heavy (non-hydrogen) atoms. The molecule has 0 aliphatic carbocycles. The van der Waals surface area contributed by atoms with Gasteiger partial charge in [-0.25, -0.2) is 8.42 Å². The lowest BCUT2D eigenvalue weighted by molar-refractivity contribution is -0.124. The van der Waals surface area contributed by atoms with Crippen LogP contribution in [0.1, 0.15) is 47.3 Å². The van der Waals surface area contributed by atoms with Gasteiger partial charge in [-0.05, 0) is 37.7 Å². The van der Waals surface area contributed by atoms with E-state index in [2.05, 4.69) is 0 Å². The fraction of sp³-hybridized carbons (Fsp3) is 0.526. The highest BCUT2D eigenvalue weighted by Gasteiger charge is 2.37. The predicted octanol–water partition coefficient (Wildman–Crippen LogP) is 3.57. The molecular weight excluding hydrogens is 322 g/mol. The van der Waals surface area contributed by atoms with Gasteiger partial charge in [0.2, 0.25) is 10.0 Å². The Hall–Kier alpha value is -1.46. The zero-order valence-corrected chi connectivity index (χ0v) is 15.0. The van der Waals surface area contributed by atoms with Gasteiger partial charge >= 0.3 is 0 Å². The number of ketones is 1. The van der Waals surface area contributed by atoms with Crippen molar-refractivity contribution in [3.63, 3.8) is 0 Å². The normalized spacial score (nSPS) is 29.7. The standard InChI is InChI=1S/C19H27NO3S/c1-14(2)17-10-11-20(13-19(4,5)12-18(17)21)24(22,23)16-8-6-15(3)7-9-16/h6-9,17H,1,10-13H2,2-5H3/i1D2,2D3,10D/t10-,17?/m0/s1. The number of benzene rings is 1. The average molecular weight is 356 g/mol. The van der Waals surface area contributed by atoms with Crippen molar-refractivity contribution < 1.29 is 21.4 Å². The van der Waals surface area contributed by atoms with Crippen molar-refractivity contribution in [2.24, 2.45) is 11.3 Å². The Morgan fingerprint density at radius 1 is 1.42 bits per heavy atom. The van der Waals surface area contributed by atoms with Gasteiger partial charge in [-0.3, -0.25) is 4.79 Å². The largest absolute Gasteiger partial charge is 0.299 e. The number of nitrogens with zero attached hydrogens (tertiary/aromatic N) is 1. The maximum Gasteiger partial charge on any atom is 0.243 e. The molecule has 0 N–H and O–H groups in total. The van der Waals surface area contributed by atoms with E-state index >= 15 is 0 Å². The molecule has 0 bridgehead atoms. The zero-order chi connectivity index (χ0) is 23.1. The van der Waals surface area contributed by atoms with E-state index in [-0.39, 0.29) is 17.9 Å². The van der Waals surface area contributed by atoms with Crippen LogP contribution in [0.2, 0.25) is 0 Å². The quantitative estimate of drug-likeness (QED) is 0.779. The van der Waals surface area contributed by atoms with Crippen LogP contribution in [0, 0.1) is 18.3 Å². The summed E-state index contributed by atoms with van der Waals surface area (Å²) in [5.74, 6) is -2.10. The predicted molar refractivity (Wildman–Crippen MR) is 96.3 cm³/mol. The van der Waals surface area contributed by atoms with E-state index in [0.717, 1.165) is 9.87 Å². The van der Waals surface area contributed by atoms with Gasteiger partial charge in [-0.1, -0.05) is 43.6 Å². The van der Waals surface area contributed by atoms with Crippen LogP contribution in [0.5, 0.6) is 0 Å². The molecule has 0 radical (unpaired) electrons. The fourth-order valence-corrected chi connectivity index (χ4v) is 4.44. The first-order valence-corrected chi connectivity index (χ1v) is 9.20. The molecule has 1 aromatic rings. The molecule has 1 heterocycles. The van der Waals surface area contributed by atoms with Gasteiger partial charge in [0.05, 0.1) is 7.64 Å². The summed E-state index contributed by atoms with van der Waals surface area (Å²) in [6, 6.07) is 6.26. The highest BCUT2D eigenvalue weighted by Crippen LogP contribution is 2.32. The highest BCUT2D eigenvalue weighted by atomic mass is 32.2. The minimum absolute atomic E-state index is 0.0154. The lowest BCUT2D eigenvalue weighted by atomic mass is 9.79. The molecule has 1 unspecified atom stereocenters. The molecular formula is C19H27NO3S. The smallest absolute Gasteiger partial charge is 0.243 e. The lowest BCUT2D eigenvalue weighted by Crippen LogP contribution is -2.44. The second-order valence-electron chi connectivity index (χ2n) is 7.04. The molecule has 0 saturated carbocycles.